The fraction of sp³-hybridized carbons (Fsp3) is 0.562. The maximum absolute atomic E-state index is 12.0. The molecule has 1 aromatic carbocycles. The lowest BCUT2D eigenvalue weighted by molar-refractivity contribution is -0.121. The molecule has 4 nitrogen and oxygen atoms in total. The van der Waals surface area contributed by atoms with Gasteiger partial charge in [-0.05, 0) is 24.8 Å². The summed E-state index contributed by atoms with van der Waals surface area (Å²) in [5, 5.41) is 12.3. The summed E-state index contributed by atoms with van der Waals surface area (Å²) in [5.74, 6) is 0.694. The first-order valence-corrected chi connectivity index (χ1v) is 6.91. The Morgan fingerprint density at radius 1 is 1.40 bits per heavy atom. The number of carbonyl (C=O) groups is 1. The largest absolute Gasteiger partial charge is 0.496 e. The van der Waals surface area contributed by atoms with E-state index in [1.165, 1.54) is 0 Å². The van der Waals surface area contributed by atoms with Crippen LogP contribution in [0.4, 0.5) is 0 Å². The number of para-hydroxylation sites is 1. The average Bonchev–Trinajstić information content (AvgIpc) is 2.36. The molecule has 1 atom stereocenters. The minimum atomic E-state index is -0.365. The number of aliphatic hydroxyl groups excluding tert-OH is 1. The quantitative estimate of drug-likeness (QED) is 0.804. The van der Waals surface area contributed by atoms with Gasteiger partial charge in [0.05, 0.1) is 19.6 Å². The Bertz CT molecular complexity index is 441. The second-order valence-electron chi connectivity index (χ2n) is 5.98. The van der Waals surface area contributed by atoms with E-state index in [9.17, 15) is 9.90 Å². The Kier molecular flexibility index (Phi) is 6.02. The maximum Gasteiger partial charge on any atom is 0.224 e. The van der Waals surface area contributed by atoms with Crippen molar-refractivity contribution in [2.75, 3.05) is 13.7 Å². The standard InChI is InChI=1S/C16H25NO3/c1-12(18)10-16(2,3)11-17-15(19)9-13-7-5-6-8-14(13)20-4/h5-8,12,18H,9-11H2,1-4H3,(H,17,19). The zero-order valence-electron chi connectivity index (χ0n) is 12.8. The molecular weight excluding hydrogens is 254 g/mol. The van der Waals surface area contributed by atoms with Crippen LogP contribution < -0.4 is 10.1 Å². The van der Waals surface area contributed by atoms with Crippen molar-refractivity contribution in [2.24, 2.45) is 5.41 Å². The zero-order valence-corrected chi connectivity index (χ0v) is 12.8. The predicted molar refractivity (Wildman–Crippen MR) is 79.8 cm³/mol. The van der Waals surface area contributed by atoms with Gasteiger partial charge in [-0.1, -0.05) is 32.0 Å². The van der Waals surface area contributed by atoms with Crippen LogP contribution >= 0.6 is 0 Å². The van der Waals surface area contributed by atoms with Gasteiger partial charge >= 0.3 is 0 Å². The van der Waals surface area contributed by atoms with Crippen molar-refractivity contribution >= 4 is 5.91 Å². The molecule has 4 heteroatoms. The van der Waals surface area contributed by atoms with Crippen molar-refractivity contribution in [1.82, 2.24) is 5.32 Å². The molecule has 0 saturated carbocycles. The number of nitrogens with one attached hydrogen (secondary N) is 1. The Morgan fingerprint density at radius 3 is 2.65 bits per heavy atom. The molecule has 1 rings (SSSR count). The fourth-order valence-electron chi connectivity index (χ4n) is 2.29. The molecule has 0 spiro atoms. The van der Waals surface area contributed by atoms with Gasteiger partial charge in [-0.15, -0.1) is 0 Å². The van der Waals surface area contributed by atoms with Crippen LogP contribution in [0.3, 0.4) is 0 Å². The Balaban J connectivity index is 2.52. The van der Waals surface area contributed by atoms with Gasteiger partial charge in [-0.2, -0.15) is 0 Å². The molecule has 0 saturated heterocycles. The Labute approximate surface area is 121 Å². The highest BCUT2D eigenvalue weighted by atomic mass is 16.5. The smallest absolute Gasteiger partial charge is 0.224 e. The highest BCUT2D eigenvalue weighted by Crippen LogP contribution is 2.21. The first-order valence-electron chi connectivity index (χ1n) is 6.91. The molecule has 1 aromatic rings. The highest BCUT2D eigenvalue weighted by molar-refractivity contribution is 5.79. The summed E-state index contributed by atoms with van der Waals surface area (Å²) in [4.78, 5) is 12.0. The third-order valence-corrected chi connectivity index (χ3v) is 3.16. The normalized spacial score (nSPS) is 12.8. The van der Waals surface area contributed by atoms with Crippen LogP contribution in [0, 0.1) is 5.41 Å². The number of ether oxygens (including phenoxy) is 1. The van der Waals surface area contributed by atoms with E-state index >= 15 is 0 Å². The first-order chi connectivity index (χ1) is 9.34. The molecule has 1 unspecified atom stereocenters. The third kappa shape index (κ3) is 5.61. The SMILES string of the molecule is COc1ccccc1CC(=O)NCC(C)(C)CC(C)O. The van der Waals surface area contributed by atoms with Crippen LogP contribution in [0.25, 0.3) is 0 Å². The summed E-state index contributed by atoms with van der Waals surface area (Å²) >= 11 is 0. The summed E-state index contributed by atoms with van der Waals surface area (Å²) in [6, 6.07) is 7.51. The van der Waals surface area contributed by atoms with Crippen LogP contribution in [-0.4, -0.2) is 30.8 Å². The van der Waals surface area contributed by atoms with E-state index in [2.05, 4.69) is 5.32 Å². The van der Waals surface area contributed by atoms with Crippen LogP contribution in [0.5, 0.6) is 5.75 Å². The van der Waals surface area contributed by atoms with E-state index in [4.69, 9.17) is 4.74 Å². The summed E-state index contributed by atoms with van der Waals surface area (Å²) in [6.45, 7) is 6.37. The van der Waals surface area contributed by atoms with Gasteiger partial charge < -0.3 is 15.2 Å². The number of methoxy groups -OCH3 is 1. The lowest BCUT2D eigenvalue weighted by Crippen LogP contribution is -2.36. The molecule has 0 aliphatic heterocycles. The monoisotopic (exact) mass is 279 g/mol. The van der Waals surface area contributed by atoms with Gasteiger partial charge in [0, 0.05) is 12.1 Å². The van der Waals surface area contributed by atoms with Gasteiger partial charge in [0.15, 0.2) is 0 Å². The summed E-state index contributed by atoms with van der Waals surface area (Å²) in [5.41, 5.74) is 0.755. The molecule has 0 aliphatic rings. The molecular formula is C16H25NO3. The molecule has 0 bridgehead atoms. The molecule has 2 N–H and O–H groups in total. The first kappa shape index (κ1) is 16.5. The number of amides is 1. The molecule has 112 valence electrons. The molecule has 0 aliphatic carbocycles. The third-order valence-electron chi connectivity index (χ3n) is 3.16. The molecule has 20 heavy (non-hydrogen) atoms. The Morgan fingerprint density at radius 2 is 2.05 bits per heavy atom. The average molecular weight is 279 g/mol. The summed E-state index contributed by atoms with van der Waals surface area (Å²) in [7, 11) is 1.60. The van der Waals surface area contributed by atoms with E-state index in [-0.39, 0.29) is 17.4 Å². The molecule has 0 aromatic heterocycles. The van der Waals surface area contributed by atoms with E-state index in [1.807, 2.05) is 38.1 Å². The van der Waals surface area contributed by atoms with E-state index < -0.39 is 0 Å². The summed E-state index contributed by atoms with van der Waals surface area (Å²) in [6.07, 6.45) is 0.590. The number of benzene rings is 1. The van der Waals surface area contributed by atoms with Gasteiger partial charge in [-0.25, -0.2) is 0 Å². The van der Waals surface area contributed by atoms with E-state index in [0.717, 1.165) is 11.3 Å². The number of hydrogen-bond acceptors (Lipinski definition) is 3. The zero-order chi connectivity index (χ0) is 15.2. The molecule has 0 heterocycles. The van der Waals surface area contributed by atoms with Crippen molar-refractivity contribution in [3.05, 3.63) is 29.8 Å². The predicted octanol–water partition coefficient (Wildman–Crippen LogP) is 2.15. The molecule has 0 fully saturated rings. The highest BCUT2D eigenvalue weighted by Gasteiger charge is 2.21. The molecule has 0 radical (unpaired) electrons. The lowest BCUT2D eigenvalue weighted by atomic mass is 9.87. The van der Waals surface area contributed by atoms with Crippen molar-refractivity contribution < 1.29 is 14.6 Å². The second kappa shape index (κ2) is 7.29. The topological polar surface area (TPSA) is 58.6 Å². The van der Waals surface area contributed by atoms with Gasteiger partial charge in [-0.3, -0.25) is 4.79 Å². The number of carbonyl (C=O) groups excluding carboxylic acids is 1. The van der Waals surface area contributed by atoms with Crippen molar-refractivity contribution in [2.45, 2.75) is 39.7 Å². The van der Waals surface area contributed by atoms with Crippen molar-refractivity contribution in [1.29, 1.82) is 0 Å². The lowest BCUT2D eigenvalue weighted by Gasteiger charge is -2.26. The van der Waals surface area contributed by atoms with Crippen molar-refractivity contribution in [3.8, 4) is 5.75 Å². The maximum atomic E-state index is 12.0. The second-order valence-corrected chi connectivity index (χ2v) is 5.98. The molecule has 1 amide bonds. The van der Waals surface area contributed by atoms with E-state index in [1.54, 1.807) is 14.0 Å². The van der Waals surface area contributed by atoms with Crippen molar-refractivity contribution in [3.63, 3.8) is 0 Å². The van der Waals surface area contributed by atoms with Crippen LogP contribution in [0.2, 0.25) is 0 Å². The summed E-state index contributed by atoms with van der Waals surface area (Å²) < 4.78 is 5.23. The Hall–Kier alpha value is -1.55. The fourth-order valence-corrected chi connectivity index (χ4v) is 2.29. The number of rotatable bonds is 7. The number of hydrogen-bond donors (Lipinski definition) is 2. The minimum absolute atomic E-state index is 0.0341. The van der Waals surface area contributed by atoms with Crippen LogP contribution in [0.15, 0.2) is 24.3 Å². The number of aliphatic hydroxyl groups is 1. The van der Waals surface area contributed by atoms with Crippen LogP contribution in [0.1, 0.15) is 32.8 Å². The van der Waals surface area contributed by atoms with Gasteiger partial charge in [0.2, 0.25) is 5.91 Å². The van der Waals surface area contributed by atoms with Crippen LogP contribution in [-0.2, 0) is 11.2 Å². The van der Waals surface area contributed by atoms with E-state index in [0.29, 0.717) is 19.4 Å². The van der Waals surface area contributed by atoms with Gasteiger partial charge in [0.25, 0.3) is 0 Å². The minimum Gasteiger partial charge on any atom is -0.496 e. The van der Waals surface area contributed by atoms with Gasteiger partial charge in [0.1, 0.15) is 5.75 Å².